The number of halogens is 2. The van der Waals surface area contributed by atoms with Gasteiger partial charge in [0, 0.05) is 11.1 Å². The minimum atomic E-state index is 0.217. The number of rotatable bonds is 0. The van der Waals surface area contributed by atoms with Crippen LogP contribution in [0.15, 0.2) is 0 Å². The highest BCUT2D eigenvalue weighted by atomic mass is 35.5. The van der Waals surface area contributed by atoms with E-state index in [0.717, 1.165) is 11.1 Å². The lowest BCUT2D eigenvalue weighted by molar-refractivity contribution is 1.29. The van der Waals surface area contributed by atoms with Crippen molar-refractivity contribution in [2.75, 3.05) is 0 Å². The summed E-state index contributed by atoms with van der Waals surface area (Å²) < 4.78 is 0. The van der Waals surface area contributed by atoms with Crippen LogP contribution in [0.1, 0.15) is 22.3 Å². The molecule has 1 heterocycles. The predicted molar refractivity (Wildman–Crippen MR) is 62.7 cm³/mol. The highest BCUT2D eigenvalue weighted by Gasteiger charge is 2.28. The summed E-state index contributed by atoms with van der Waals surface area (Å²) in [5.41, 5.74) is 2.88. The van der Waals surface area contributed by atoms with Crippen molar-refractivity contribution in [2.24, 2.45) is 0 Å². The van der Waals surface area contributed by atoms with E-state index in [1.54, 1.807) is 13.8 Å². The summed E-state index contributed by atoms with van der Waals surface area (Å²) in [5, 5.41) is 19.0. The van der Waals surface area contributed by atoms with Gasteiger partial charge in [-0.3, -0.25) is 10.8 Å². The Morgan fingerprint density at radius 3 is 1.53 bits per heavy atom. The largest absolute Gasteiger partial charge is 0.325 e. The summed E-state index contributed by atoms with van der Waals surface area (Å²) in [6.07, 6.45) is 0. The van der Waals surface area contributed by atoms with Crippen molar-refractivity contribution in [1.82, 2.24) is 5.32 Å². The van der Waals surface area contributed by atoms with E-state index in [-0.39, 0.29) is 11.7 Å². The SMILES string of the molecule is Cc1c(Cl)c(Cl)c(C)c2c1C(=N)NC2=N. The highest BCUT2D eigenvalue weighted by Crippen LogP contribution is 2.36. The standard InChI is InChI=1S/C10H9Cl2N3/c1-3-5-6(10(14)15-9(5)13)4(2)8(12)7(3)11/h1-2H3,(H3,13,14,15). The highest BCUT2D eigenvalue weighted by molar-refractivity contribution is 6.44. The summed E-state index contributed by atoms with van der Waals surface area (Å²) in [6, 6.07) is 0. The van der Waals surface area contributed by atoms with Crippen LogP contribution in [0.2, 0.25) is 10.0 Å². The Kier molecular flexibility index (Phi) is 2.24. The average molecular weight is 242 g/mol. The topological polar surface area (TPSA) is 59.7 Å². The molecule has 5 heteroatoms. The minimum absolute atomic E-state index is 0.217. The maximum atomic E-state index is 7.71. The quantitative estimate of drug-likeness (QED) is 0.643. The second-order valence-corrected chi connectivity index (χ2v) is 4.26. The molecule has 3 N–H and O–H groups in total. The number of nitrogens with one attached hydrogen (secondary N) is 3. The van der Waals surface area contributed by atoms with Gasteiger partial charge in [-0.25, -0.2) is 0 Å². The van der Waals surface area contributed by atoms with Gasteiger partial charge in [0.15, 0.2) is 0 Å². The molecule has 0 aromatic heterocycles. The molecule has 0 fully saturated rings. The molecule has 1 aromatic carbocycles. The van der Waals surface area contributed by atoms with Crippen LogP contribution in [0, 0.1) is 24.7 Å². The summed E-state index contributed by atoms with van der Waals surface area (Å²) >= 11 is 12.1. The molecular weight excluding hydrogens is 233 g/mol. The third-order valence-corrected chi connectivity index (χ3v) is 3.64. The normalized spacial score (nSPS) is 14.1. The number of hydrogen-bond acceptors (Lipinski definition) is 2. The first-order valence-electron chi connectivity index (χ1n) is 4.38. The van der Waals surface area contributed by atoms with Gasteiger partial charge in [-0.2, -0.15) is 0 Å². The van der Waals surface area contributed by atoms with Gasteiger partial charge in [0.2, 0.25) is 0 Å². The molecule has 0 saturated heterocycles. The number of hydrogen-bond donors (Lipinski definition) is 3. The van der Waals surface area contributed by atoms with E-state index in [2.05, 4.69) is 5.32 Å². The van der Waals surface area contributed by atoms with Crippen LogP contribution in [-0.4, -0.2) is 11.7 Å². The Hall–Kier alpha value is -1.06. The average Bonchev–Trinajstić information content (AvgIpc) is 2.47. The van der Waals surface area contributed by atoms with Gasteiger partial charge in [-0.1, -0.05) is 23.2 Å². The maximum absolute atomic E-state index is 7.71. The van der Waals surface area contributed by atoms with Crippen molar-refractivity contribution in [3.05, 3.63) is 32.3 Å². The maximum Gasteiger partial charge on any atom is 0.132 e. The minimum Gasteiger partial charge on any atom is -0.325 e. The van der Waals surface area contributed by atoms with Gasteiger partial charge < -0.3 is 5.32 Å². The molecule has 0 radical (unpaired) electrons. The fraction of sp³-hybridized carbons (Fsp3) is 0.200. The van der Waals surface area contributed by atoms with E-state index in [9.17, 15) is 0 Å². The Morgan fingerprint density at radius 1 is 0.867 bits per heavy atom. The second-order valence-electron chi connectivity index (χ2n) is 3.50. The Balaban J connectivity index is 2.92. The first-order chi connectivity index (χ1) is 6.95. The van der Waals surface area contributed by atoms with E-state index < -0.39 is 0 Å². The molecule has 0 aliphatic carbocycles. The van der Waals surface area contributed by atoms with Crippen molar-refractivity contribution in [3.63, 3.8) is 0 Å². The predicted octanol–water partition coefficient (Wildman–Crippen LogP) is 2.86. The molecule has 3 nitrogen and oxygen atoms in total. The number of fused-ring (bicyclic) bond motifs is 1. The molecule has 78 valence electrons. The van der Waals surface area contributed by atoms with E-state index in [1.807, 2.05) is 0 Å². The lowest BCUT2D eigenvalue weighted by Crippen LogP contribution is -2.20. The van der Waals surface area contributed by atoms with Gasteiger partial charge in [-0.15, -0.1) is 0 Å². The smallest absolute Gasteiger partial charge is 0.132 e. The zero-order valence-electron chi connectivity index (χ0n) is 8.26. The molecule has 2 rings (SSSR count). The summed E-state index contributed by atoms with van der Waals surface area (Å²) in [4.78, 5) is 0. The molecule has 1 aromatic rings. The summed E-state index contributed by atoms with van der Waals surface area (Å²) in [5.74, 6) is 0.434. The molecule has 0 saturated carbocycles. The number of amidine groups is 2. The van der Waals surface area contributed by atoms with E-state index in [1.165, 1.54) is 0 Å². The molecule has 0 amide bonds. The third-order valence-electron chi connectivity index (χ3n) is 2.60. The van der Waals surface area contributed by atoms with E-state index in [0.29, 0.717) is 21.2 Å². The van der Waals surface area contributed by atoms with Crippen molar-refractivity contribution < 1.29 is 0 Å². The van der Waals surface area contributed by atoms with Gasteiger partial charge in [-0.05, 0) is 25.0 Å². The Bertz CT molecular complexity index is 461. The molecule has 15 heavy (non-hydrogen) atoms. The zero-order chi connectivity index (χ0) is 11.3. The van der Waals surface area contributed by atoms with Crippen molar-refractivity contribution >= 4 is 34.9 Å². The van der Waals surface area contributed by atoms with E-state index >= 15 is 0 Å². The lowest BCUT2D eigenvalue weighted by atomic mass is 9.98. The van der Waals surface area contributed by atoms with Gasteiger partial charge in [0.1, 0.15) is 11.7 Å². The van der Waals surface area contributed by atoms with Crippen LogP contribution >= 0.6 is 23.2 Å². The first-order valence-corrected chi connectivity index (χ1v) is 5.13. The van der Waals surface area contributed by atoms with Crippen LogP contribution < -0.4 is 5.32 Å². The monoisotopic (exact) mass is 241 g/mol. The Labute approximate surface area is 97.4 Å². The van der Waals surface area contributed by atoms with Gasteiger partial charge in [0.25, 0.3) is 0 Å². The number of benzene rings is 1. The molecule has 1 aliphatic rings. The third kappa shape index (κ3) is 1.27. The van der Waals surface area contributed by atoms with Crippen molar-refractivity contribution in [3.8, 4) is 0 Å². The fourth-order valence-electron chi connectivity index (χ4n) is 1.80. The van der Waals surface area contributed by atoms with Crippen LogP contribution in [0.4, 0.5) is 0 Å². The zero-order valence-corrected chi connectivity index (χ0v) is 9.77. The summed E-state index contributed by atoms with van der Waals surface area (Å²) in [7, 11) is 0. The van der Waals surface area contributed by atoms with Crippen molar-refractivity contribution in [1.29, 1.82) is 10.8 Å². The first kappa shape index (κ1) is 10.5. The van der Waals surface area contributed by atoms with Crippen LogP contribution in [0.5, 0.6) is 0 Å². The fourth-order valence-corrected chi connectivity index (χ4v) is 2.27. The second kappa shape index (κ2) is 3.22. The summed E-state index contributed by atoms with van der Waals surface area (Å²) in [6.45, 7) is 3.61. The van der Waals surface area contributed by atoms with Crippen LogP contribution in [0.25, 0.3) is 0 Å². The van der Waals surface area contributed by atoms with Crippen LogP contribution in [0.3, 0.4) is 0 Å². The van der Waals surface area contributed by atoms with Crippen LogP contribution in [-0.2, 0) is 0 Å². The Morgan fingerprint density at radius 2 is 1.20 bits per heavy atom. The molecule has 0 unspecified atom stereocenters. The molecule has 0 bridgehead atoms. The molecular formula is C10H9Cl2N3. The van der Waals surface area contributed by atoms with Gasteiger partial charge in [0.05, 0.1) is 10.0 Å². The van der Waals surface area contributed by atoms with Crippen molar-refractivity contribution in [2.45, 2.75) is 13.8 Å². The molecule has 0 spiro atoms. The van der Waals surface area contributed by atoms with Gasteiger partial charge >= 0.3 is 0 Å². The lowest BCUT2D eigenvalue weighted by Gasteiger charge is -2.10. The molecule has 1 aliphatic heterocycles. The molecule has 0 atom stereocenters. The van der Waals surface area contributed by atoms with E-state index in [4.69, 9.17) is 34.0 Å².